The zero-order valence-electron chi connectivity index (χ0n) is 9.54. The number of nitrogens with two attached hydrogens (primary N) is 1. The van der Waals surface area contributed by atoms with Crippen molar-refractivity contribution >= 4 is 18.1 Å². The van der Waals surface area contributed by atoms with Crippen LogP contribution in [-0.2, 0) is 14.4 Å². The summed E-state index contributed by atoms with van der Waals surface area (Å²) in [5.41, 5.74) is 5.98. The molecule has 1 fully saturated rings. The zero-order chi connectivity index (χ0) is 12.4. The summed E-state index contributed by atoms with van der Waals surface area (Å²) in [6, 6.07) is 0. The summed E-state index contributed by atoms with van der Waals surface area (Å²) in [7, 11) is 0. The molecule has 17 heavy (non-hydrogen) atoms. The molecule has 2 aliphatic rings. The summed E-state index contributed by atoms with van der Waals surface area (Å²) < 4.78 is 0. The van der Waals surface area contributed by atoms with Crippen molar-refractivity contribution in [2.45, 2.75) is 31.8 Å². The second kappa shape index (κ2) is 4.79. The van der Waals surface area contributed by atoms with Crippen molar-refractivity contribution in [2.24, 2.45) is 17.6 Å². The molecule has 1 atom stereocenters. The maximum Gasteiger partial charge on any atom is 0.254 e. The number of carbonyl (C=O) groups is 3. The summed E-state index contributed by atoms with van der Waals surface area (Å²) >= 11 is 0. The first-order chi connectivity index (χ1) is 8.13. The predicted octanol–water partition coefficient (Wildman–Crippen LogP) is 0.201. The zero-order valence-corrected chi connectivity index (χ0v) is 9.54. The monoisotopic (exact) mass is 236 g/mol. The Morgan fingerprint density at radius 1 is 1.18 bits per heavy atom. The van der Waals surface area contributed by atoms with Crippen LogP contribution in [0.2, 0.25) is 0 Å². The molecular weight excluding hydrogens is 220 g/mol. The van der Waals surface area contributed by atoms with Gasteiger partial charge in [-0.05, 0) is 31.6 Å². The molecule has 1 saturated carbocycles. The van der Waals surface area contributed by atoms with Gasteiger partial charge in [-0.25, -0.2) is 0 Å². The maximum absolute atomic E-state index is 11.5. The van der Waals surface area contributed by atoms with Crippen molar-refractivity contribution in [1.82, 2.24) is 4.90 Å². The molecule has 1 heterocycles. The van der Waals surface area contributed by atoms with E-state index < -0.39 is 6.17 Å². The van der Waals surface area contributed by atoms with Gasteiger partial charge < -0.3 is 10.5 Å². The van der Waals surface area contributed by atoms with Gasteiger partial charge in [0.2, 0.25) is 0 Å². The molecule has 2 rings (SSSR count). The lowest BCUT2D eigenvalue weighted by molar-refractivity contribution is -0.141. The molecule has 1 aliphatic heterocycles. The normalized spacial score (nSPS) is 30.8. The molecule has 1 aliphatic carbocycles. The maximum atomic E-state index is 11.5. The Labute approximate surface area is 99.6 Å². The molecule has 0 aromatic rings. The Hall–Kier alpha value is -1.49. The van der Waals surface area contributed by atoms with E-state index in [1.165, 1.54) is 12.2 Å². The highest BCUT2D eigenvalue weighted by Gasteiger charge is 2.35. The van der Waals surface area contributed by atoms with Crippen molar-refractivity contribution in [3.05, 3.63) is 12.2 Å². The van der Waals surface area contributed by atoms with Crippen LogP contribution in [0.25, 0.3) is 0 Å². The van der Waals surface area contributed by atoms with E-state index in [1.54, 1.807) is 0 Å². The lowest BCUT2D eigenvalue weighted by Crippen LogP contribution is -2.51. The first-order valence-corrected chi connectivity index (χ1v) is 5.89. The minimum Gasteiger partial charge on any atom is -0.311 e. The number of carbonyl (C=O) groups excluding carboxylic acids is 3. The van der Waals surface area contributed by atoms with Crippen LogP contribution in [0.4, 0.5) is 0 Å². The lowest BCUT2D eigenvalue weighted by atomic mass is 9.81. The van der Waals surface area contributed by atoms with Gasteiger partial charge in [0.05, 0.1) is 6.17 Å². The van der Waals surface area contributed by atoms with Crippen LogP contribution in [0.1, 0.15) is 25.7 Å². The highest BCUT2D eigenvalue weighted by molar-refractivity contribution is 6.13. The molecular formula is C12H16N2O3. The van der Waals surface area contributed by atoms with Gasteiger partial charge in [-0.3, -0.25) is 14.5 Å². The van der Waals surface area contributed by atoms with E-state index in [9.17, 15) is 14.4 Å². The van der Waals surface area contributed by atoms with E-state index in [-0.39, 0.29) is 23.7 Å². The third kappa shape index (κ3) is 2.29. The molecule has 0 aromatic heterocycles. The van der Waals surface area contributed by atoms with Crippen molar-refractivity contribution in [1.29, 1.82) is 0 Å². The second-order valence-electron chi connectivity index (χ2n) is 4.68. The highest BCUT2D eigenvalue weighted by atomic mass is 16.2. The predicted molar refractivity (Wildman–Crippen MR) is 60.5 cm³/mol. The quantitative estimate of drug-likeness (QED) is 0.560. The standard InChI is InChI=1S/C12H16N2O3/c13-12(14-10(16)5-6-11(14)17)9-3-1-8(7-15)2-4-9/h5-9,12H,1-4,13H2. The third-order valence-electron chi connectivity index (χ3n) is 3.63. The van der Waals surface area contributed by atoms with Crippen molar-refractivity contribution in [3.63, 3.8) is 0 Å². The van der Waals surface area contributed by atoms with E-state index in [4.69, 9.17) is 5.73 Å². The van der Waals surface area contributed by atoms with Gasteiger partial charge in [-0.2, -0.15) is 0 Å². The first kappa shape index (κ1) is 12.0. The second-order valence-corrected chi connectivity index (χ2v) is 4.68. The molecule has 92 valence electrons. The van der Waals surface area contributed by atoms with Crippen LogP contribution >= 0.6 is 0 Å². The Bertz CT molecular complexity index is 352. The summed E-state index contributed by atoms with van der Waals surface area (Å²) in [5.74, 6) is -0.444. The minimum atomic E-state index is -0.558. The molecule has 5 heteroatoms. The number of nitrogens with zero attached hydrogens (tertiary/aromatic N) is 1. The van der Waals surface area contributed by atoms with Crippen molar-refractivity contribution < 1.29 is 14.4 Å². The van der Waals surface area contributed by atoms with Crippen LogP contribution in [0.5, 0.6) is 0 Å². The van der Waals surface area contributed by atoms with Crippen LogP contribution in [-0.4, -0.2) is 29.2 Å². The Morgan fingerprint density at radius 3 is 2.18 bits per heavy atom. The smallest absolute Gasteiger partial charge is 0.254 e. The number of amides is 2. The van der Waals surface area contributed by atoms with E-state index in [0.717, 1.165) is 36.9 Å². The first-order valence-electron chi connectivity index (χ1n) is 5.89. The Kier molecular flexibility index (Phi) is 3.38. The fourth-order valence-corrected chi connectivity index (χ4v) is 2.54. The molecule has 0 bridgehead atoms. The topological polar surface area (TPSA) is 80.5 Å². The molecule has 0 aromatic carbocycles. The number of imide groups is 1. The van der Waals surface area contributed by atoms with E-state index in [0.29, 0.717) is 0 Å². The third-order valence-corrected chi connectivity index (χ3v) is 3.63. The fraction of sp³-hybridized carbons (Fsp3) is 0.583. The average Bonchev–Trinajstić information content (AvgIpc) is 2.68. The van der Waals surface area contributed by atoms with Gasteiger partial charge in [-0.15, -0.1) is 0 Å². The van der Waals surface area contributed by atoms with Gasteiger partial charge in [0.25, 0.3) is 11.8 Å². The van der Waals surface area contributed by atoms with E-state index in [2.05, 4.69) is 0 Å². The van der Waals surface area contributed by atoms with Gasteiger partial charge in [0.1, 0.15) is 6.29 Å². The van der Waals surface area contributed by atoms with Gasteiger partial charge in [-0.1, -0.05) is 0 Å². The van der Waals surface area contributed by atoms with Crippen molar-refractivity contribution in [3.8, 4) is 0 Å². The average molecular weight is 236 g/mol. The largest absolute Gasteiger partial charge is 0.311 e. The molecule has 2 N–H and O–H groups in total. The van der Waals surface area contributed by atoms with Gasteiger partial charge in [0.15, 0.2) is 0 Å². The highest BCUT2D eigenvalue weighted by Crippen LogP contribution is 2.30. The molecule has 0 radical (unpaired) electrons. The van der Waals surface area contributed by atoms with E-state index >= 15 is 0 Å². The SMILES string of the molecule is NC(C1CCC(C=O)CC1)N1C(=O)C=CC1=O. The number of rotatable bonds is 3. The number of aldehydes is 1. The van der Waals surface area contributed by atoms with Gasteiger partial charge in [0, 0.05) is 18.1 Å². The number of hydrogen-bond acceptors (Lipinski definition) is 4. The van der Waals surface area contributed by atoms with Crippen LogP contribution in [0.15, 0.2) is 12.2 Å². The molecule has 5 nitrogen and oxygen atoms in total. The summed E-state index contributed by atoms with van der Waals surface area (Å²) in [5, 5.41) is 0. The summed E-state index contributed by atoms with van der Waals surface area (Å²) in [4.78, 5) is 34.7. The number of hydrogen-bond donors (Lipinski definition) is 1. The molecule has 0 saturated heterocycles. The summed E-state index contributed by atoms with van der Waals surface area (Å²) in [6.45, 7) is 0. The molecule has 0 spiro atoms. The van der Waals surface area contributed by atoms with Crippen LogP contribution in [0.3, 0.4) is 0 Å². The van der Waals surface area contributed by atoms with Crippen LogP contribution in [0, 0.1) is 11.8 Å². The Morgan fingerprint density at radius 2 is 1.71 bits per heavy atom. The van der Waals surface area contributed by atoms with Crippen molar-refractivity contribution in [2.75, 3.05) is 0 Å². The Balaban J connectivity index is 1.97. The van der Waals surface area contributed by atoms with E-state index in [1.807, 2.05) is 0 Å². The fourth-order valence-electron chi connectivity index (χ4n) is 2.54. The molecule has 1 unspecified atom stereocenters. The molecule has 2 amide bonds. The summed E-state index contributed by atoms with van der Waals surface area (Å²) in [6.07, 6.45) is 6.10. The van der Waals surface area contributed by atoms with Gasteiger partial charge >= 0.3 is 0 Å². The lowest BCUT2D eigenvalue weighted by Gasteiger charge is -2.34. The minimum absolute atomic E-state index is 0.110. The van der Waals surface area contributed by atoms with Crippen LogP contribution < -0.4 is 5.73 Å².